The zero-order valence-electron chi connectivity index (χ0n) is 16.6. The van der Waals surface area contributed by atoms with E-state index < -0.39 is 10.0 Å². The van der Waals surface area contributed by atoms with Crippen molar-refractivity contribution in [1.82, 2.24) is 9.62 Å². The molecule has 28 heavy (non-hydrogen) atoms. The third-order valence-electron chi connectivity index (χ3n) is 5.11. The molecule has 1 aliphatic rings. The van der Waals surface area contributed by atoms with Gasteiger partial charge < -0.3 is 4.90 Å². The lowest BCUT2D eigenvalue weighted by atomic mass is 9.87. The molecule has 7 heteroatoms. The predicted octanol–water partition coefficient (Wildman–Crippen LogP) is 3.56. The lowest BCUT2D eigenvalue weighted by Crippen LogP contribution is -2.46. The van der Waals surface area contributed by atoms with Gasteiger partial charge in [-0.25, -0.2) is 13.1 Å². The maximum Gasteiger partial charge on any atom is 0.240 e. The van der Waals surface area contributed by atoms with Gasteiger partial charge in [0.05, 0.1) is 11.3 Å². The minimum atomic E-state index is -3.55. The van der Waals surface area contributed by atoms with Crippen molar-refractivity contribution in [3.63, 3.8) is 0 Å². The molecule has 1 amide bonds. The molecule has 0 aliphatic carbocycles. The second-order valence-electron chi connectivity index (χ2n) is 8.31. The minimum absolute atomic E-state index is 0.0157. The highest BCUT2D eigenvalue weighted by atomic mass is 32.2. The SMILES string of the molecule is CC(C)(C)c1ccc(S(=O)(=O)NC2CCN(C(=O)Cc3cccs3)CC2)cc1. The van der Waals surface area contributed by atoms with Gasteiger partial charge in [-0.1, -0.05) is 39.0 Å². The monoisotopic (exact) mass is 420 g/mol. The standard InChI is InChI=1S/C21H28N2O3S2/c1-21(2,3)16-6-8-19(9-7-16)28(25,26)22-17-10-12-23(13-11-17)20(24)15-18-5-4-14-27-18/h4-9,14,17,22H,10-13,15H2,1-3H3. The number of rotatable bonds is 5. The van der Waals surface area contributed by atoms with E-state index in [4.69, 9.17) is 0 Å². The number of thiophene rings is 1. The van der Waals surface area contributed by atoms with Gasteiger partial charge in [-0.15, -0.1) is 11.3 Å². The van der Waals surface area contributed by atoms with E-state index in [0.717, 1.165) is 10.4 Å². The summed E-state index contributed by atoms with van der Waals surface area (Å²) in [5.41, 5.74) is 1.09. The molecule has 1 fully saturated rings. The molecule has 0 bridgehead atoms. The van der Waals surface area contributed by atoms with Crippen LogP contribution < -0.4 is 4.72 Å². The van der Waals surface area contributed by atoms with Crippen molar-refractivity contribution in [2.45, 2.75) is 56.4 Å². The van der Waals surface area contributed by atoms with Crippen molar-refractivity contribution in [3.8, 4) is 0 Å². The number of amides is 1. The fraction of sp³-hybridized carbons (Fsp3) is 0.476. The maximum absolute atomic E-state index is 12.7. The molecular formula is C21H28N2O3S2. The summed E-state index contributed by atoms with van der Waals surface area (Å²) in [7, 11) is -3.55. The van der Waals surface area contributed by atoms with Gasteiger partial charge >= 0.3 is 0 Å². The Hall–Kier alpha value is -1.70. The number of hydrogen-bond donors (Lipinski definition) is 1. The number of carbonyl (C=O) groups excluding carboxylic acids is 1. The largest absolute Gasteiger partial charge is 0.342 e. The first kappa shape index (κ1) is 21.0. The van der Waals surface area contributed by atoms with Crippen LogP contribution in [-0.2, 0) is 26.7 Å². The summed E-state index contributed by atoms with van der Waals surface area (Å²) in [6.45, 7) is 7.47. The summed E-state index contributed by atoms with van der Waals surface area (Å²) < 4.78 is 28.2. The van der Waals surface area contributed by atoms with E-state index in [1.165, 1.54) is 0 Å². The topological polar surface area (TPSA) is 66.5 Å². The molecule has 1 aromatic carbocycles. The molecule has 1 aromatic heterocycles. The molecule has 0 unspecified atom stereocenters. The van der Waals surface area contributed by atoms with Gasteiger partial charge in [0, 0.05) is 24.0 Å². The number of likely N-dealkylation sites (tertiary alicyclic amines) is 1. The van der Waals surface area contributed by atoms with E-state index in [2.05, 4.69) is 25.5 Å². The van der Waals surface area contributed by atoms with E-state index in [9.17, 15) is 13.2 Å². The third-order valence-corrected chi connectivity index (χ3v) is 7.52. The molecule has 3 rings (SSSR count). The first-order valence-electron chi connectivity index (χ1n) is 9.58. The summed E-state index contributed by atoms with van der Waals surface area (Å²) in [5.74, 6) is 0.113. The molecule has 1 N–H and O–H groups in total. The number of nitrogens with zero attached hydrogens (tertiary/aromatic N) is 1. The Morgan fingerprint density at radius 2 is 1.79 bits per heavy atom. The van der Waals surface area contributed by atoms with Gasteiger partial charge in [-0.3, -0.25) is 4.79 Å². The summed E-state index contributed by atoms with van der Waals surface area (Å²) in [6, 6.07) is 10.9. The number of carbonyl (C=O) groups is 1. The Morgan fingerprint density at radius 3 is 2.32 bits per heavy atom. The molecule has 1 aliphatic heterocycles. The summed E-state index contributed by atoms with van der Waals surface area (Å²) in [5, 5.41) is 1.97. The number of sulfonamides is 1. The van der Waals surface area contributed by atoms with E-state index in [-0.39, 0.29) is 22.3 Å². The van der Waals surface area contributed by atoms with Crippen LogP contribution >= 0.6 is 11.3 Å². The zero-order valence-corrected chi connectivity index (χ0v) is 18.3. The summed E-state index contributed by atoms with van der Waals surface area (Å²) in [4.78, 5) is 15.6. The van der Waals surface area contributed by atoms with Gasteiger partial charge in [0.2, 0.25) is 15.9 Å². The normalized spacial score (nSPS) is 16.3. The highest BCUT2D eigenvalue weighted by Crippen LogP contribution is 2.24. The second kappa shape index (κ2) is 8.35. The Kier molecular flexibility index (Phi) is 6.27. The quantitative estimate of drug-likeness (QED) is 0.804. The fourth-order valence-corrected chi connectivity index (χ4v) is 5.34. The maximum atomic E-state index is 12.7. The van der Waals surface area contributed by atoms with Crippen LogP contribution in [-0.4, -0.2) is 38.4 Å². The summed E-state index contributed by atoms with van der Waals surface area (Å²) >= 11 is 1.58. The molecule has 0 atom stereocenters. The van der Waals surface area contributed by atoms with Crippen molar-refractivity contribution in [3.05, 3.63) is 52.2 Å². The first-order chi connectivity index (χ1) is 13.1. The van der Waals surface area contributed by atoms with E-state index in [1.54, 1.807) is 23.5 Å². The number of hydrogen-bond acceptors (Lipinski definition) is 4. The minimum Gasteiger partial charge on any atom is -0.342 e. The van der Waals surface area contributed by atoms with Crippen LogP contribution in [0.25, 0.3) is 0 Å². The van der Waals surface area contributed by atoms with Crippen molar-refractivity contribution in [2.24, 2.45) is 0 Å². The Morgan fingerprint density at radius 1 is 1.14 bits per heavy atom. The molecular weight excluding hydrogens is 392 g/mol. The molecule has 2 aromatic rings. The Bertz CT molecular complexity index is 890. The van der Waals surface area contributed by atoms with Crippen molar-refractivity contribution in [1.29, 1.82) is 0 Å². The van der Waals surface area contributed by atoms with Crippen LogP contribution in [0.15, 0.2) is 46.7 Å². The average Bonchev–Trinajstić information content (AvgIpc) is 3.14. The number of piperidine rings is 1. The lowest BCUT2D eigenvalue weighted by molar-refractivity contribution is -0.131. The molecule has 5 nitrogen and oxygen atoms in total. The van der Waals surface area contributed by atoms with Crippen molar-refractivity contribution < 1.29 is 13.2 Å². The van der Waals surface area contributed by atoms with Crippen LogP contribution in [0.3, 0.4) is 0 Å². The smallest absolute Gasteiger partial charge is 0.240 e. The van der Waals surface area contributed by atoms with Crippen LogP contribution in [0.5, 0.6) is 0 Å². The fourth-order valence-electron chi connectivity index (χ4n) is 3.34. The highest BCUT2D eigenvalue weighted by molar-refractivity contribution is 7.89. The van der Waals surface area contributed by atoms with Crippen LogP contribution in [0, 0.1) is 0 Å². The van der Waals surface area contributed by atoms with Gasteiger partial charge in [0.15, 0.2) is 0 Å². The first-order valence-corrected chi connectivity index (χ1v) is 11.9. The van der Waals surface area contributed by atoms with Crippen LogP contribution in [0.2, 0.25) is 0 Å². The van der Waals surface area contributed by atoms with E-state index in [0.29, 0.717) is 32.4 Å². The van der Waals surface area contributed by atoms with Gasteiger partial charge in [0.25, 0.3) is 0 Å². The van der Waals surface area contributed by atoms with Crippen LogP contribution in [0.1, 0.15) is 44.1 Å². The molecule has 2 heterocycles. The van der Waals surface area contributed by atoms with Crippen molar-refractivity contribution >= 4 is 27.3 Å². The highest BCUT2D eigenvalue weighted by Gasteiger charge is 2.27. The van der Waals surface area contributed by atoms with E-state index >= 15 is 0 Å². The van der Waals surface area contributed by atoms with Gasteiger partial charge in [0.1, 0.15) is 0 Å². The Balaban J connectivity index is 1.55. The van der Waals surface area contributed by atoms with Crippen LogP contribution in [0.4, 0.5) is 0 Å². The van der Waals surface area contributed by atoms with Crippen molar-refractivity contribution in [2.75, 3.05) is 13.1 Å². The summed E-state index contributed by atoms with van der Waals surface area (Å²) in [6.07, 6.45) is 1.69. The van der Waals surface area contributed by atoms with Gasteiger partial charge in [-0.05, 0) is 47.4 Å². The lowest BCUT2D eigenvalue weighted by Gasteiger charge is -2.32. The average molecular weight is 421 g/mol. The van der Waals surface area contributed by atoms with E-state index in [1.807, 2.05) is 34.5 Å². The number of nitrogens with one attached hydrogen (secondary N) is 1. The molecule has 0 radical (unpaired) electrons. The zero-order chi connectivity index (χ0) is 20.4. The Labute approximate surface area is 171 Å². The molecule has 152 valence electrons. The molecule has 0 saturated carbocycles. The molecule has 0 spiro atoms. The number of benzene rings is 1. The molecule has 1 saturated heterocycles. The van der Waals surface area contributed by atoms with Gasteiger partial charge in [-0.2, -0.15) is 0 Å². The second-order valence-corrected chi connectivity index (χ2v) is 11.1. The predicted molar refractivity (Wildman–Crippen MR) is 113 cm³/mol. The third kappa shape index (κ3) is 5.21.